The molecule has 1 nitrogen and oxygen atoms in total. The molecule has 1 N–H and O–H groups in total. The molecule has 0 atom stereocenters. The van der Waals surface area contributed by atoms with Gasteiger partial charge in [0.25, 0.3) is 0 Å². The number of hydrogen-bond acceptors (Lipinski definition) is 1. The Kier molecular flexibility index (Phi) is 5.23. The van der Waals surface area contributed by atoms with Crippen LogP contribution in [-0.2, 0) is 6.54 Å². The molecule has 0 aliphatic rings. The van der Waals surface area contributed by atoms with Gasteiger partial charge in [-0.1, -0.05) is 31.9 Å². The Morgan fingerprint density at radius 2 is 1.86 bits per heavy atom. The van der Waals surface area contributed by atoms with Crippen molar-refractivity contribution in [1.82, 2.24) is 5.32 Å². The maximum Gasteiger partial charge on any atom is 0.123 e. The van der Waals surface area contributed by atoms with E-state index in [1.54, 1.807) is 0 Å². The molecule has 0 aliphatic heterocycles. The number of unbranched alkanes of at least 4 members (excludes halogenated alkanes) is 2. The van der Waals surface area contributed by atoms with Gasteiger partial charge in [0.15, 0.2) is 0 Å². The van der Waals surface area contributed by atoms with Gasteiger partial charge in [0.2, 0.25) is 0 Å². The summed E-state index contributed by atoms with van der Waals surface area (Å²) < 4.78 is 12.6. The van der Waals surface area contributed by atoms with E-state index in [-0.39, 0.29) is 5.82 Å². The maximum atomic E-state index is 12.6. The van der Waals surface area contributed by atoms with E-state index in [2.05, 4.69) is 12.2 Å². The van der Waals surface area contributed by atoms with Crippen molar-refractivity contribution in [3.05, 3.63) is 35.6 Å². The highest BCUT2D eigenvalue weighted by Crippen LogP contribution is 2.02. The largest absolute Gasteiger partial charge is 0.313 e. The van der Waals surface area contributed by atoms with Crippen molar-refractivity contribution in [3.63, 3.8) is 0 Å². The molecule has 0 radical (unpaired) electrons. The first-order valence-corrected chi connectivity index (χ1v) is 5.28. The van der Waals surface area contributed by atoms with Gasteiger partial charge < -0.3 is 5.32 Å². The van der Waals surface area contributed by atoms with Crippen LogP contribution in [0.5, 0.6) is 0 Å². The lowest BCUT2D eigenvalue weighted by Crippen LogP contribution is -2.14. The second kappa shape index (κ2) is 6.55. The zero-order chi connectivity index (χ0) is 10.2. The predicted molar refractivity (Wildman–Crippen MR) is 57.6 cm³/mol. The molecular formula is C12H18FN. The molecule has 1 aromatic rings. The van der Waals surface area contributed by atoms with E-state index in [0.29, 0.717) is 0 Å². The fraction of sp³-hybridized carbons (Fsp3) is 0.500. The van der Waals surface area contributed by atoms with Crippen LogP contribution in [0.2, 0.25) is 0 Å². The molecular weight excluding hydrogens is 177 g/mol. The Morgan fingerprint density at radius 1 is 1.14 bits per heavy atom. The average molecular weight is 195 g/mol. The highest BCUT2D eigenvalue weighted by Gasteiger charge is 1.93. The lowest BCUT2D eigenvalue weighted by atomic mass is 10.2. The monoisotopic (exact) mass is 195 g/mol. The zero-order valence-corrected chi connectivity index (χ0v) is 8.72. The summed E-state index contributed by atoms with van der Waals surface area (Å²) in [7, 11) is 0. The van der Waals surface area contributed by atoms with Crippen LogP contribution in [0.15, 0.2) is 24.3 Å². The van der Waals surface area contributed by atoms with E-state index in [9.17, 15) is 4.39 Å². The minimum absolute atomic E-state index is 0.167. The number of halogens is 1. The first-order valence-electron chi connectivity index (χ1n) is 5.28. The van der Waals surface area contributed by atoms with Crippen LogP contribution in [0.3, 0.4) is 0 Å². The van der Waals surface area contributed by atoms with E-state index < -0.39 is 0 Å². The lowest BCUT2D eigenvalue weighted by molar-refractivity contribution is 0.611. The molecule has 1 aromatic carbocycles. The minimum Gasteiger partial charge on any atom is -0.313 e. The van der Waals surface area contributed by atoms with Crippen LogP contribution >= 0.6 is 0 Å². The molecule has 0 fully saturated rings. The van der Waals surface area contributed by atoms with Crippen LogP contribution in [0, 0.1) is 5.82 Å². The summed E-state index contributed by atoms with van der Waals surface area (Å²) >= 11 is 0. The van der Waals surface area contributed by atoms with Gasteiger partial charge >= 0.3 is 0 Å². The fourth-order valence-electron chi connectivity index (χ4n) is 1.33. The normalized spacial score (nSPS) is 10.4. The molecule has 1 rings (SSSR count). The molecule has 0 bridgehead atoms. The van der Waals surface area contributed by atoms with Crippen LogP contribution in [0.1, 0.15) is 31.7 Å². The van der Waals surface area contributed by atoms with Gasteiger partial charge in [-0.25, -0.2) is 4.39 Å². The zero-order valence-electron chi connectivity index (χ0n) is 8.72. The van der Waals surface area contributed by atoms with Crippen LogP contribution in [0.4, 0.5) is 4.39 Å². The van der Waals surface area contributed by atoms with Crippen molar-refractivity contribution in [1.29, 1.82) is 0 Å². The quantitative estimate of drug-likeness (QED) is 0.688. The standard InChI is InChI=1S/C12H18FN/c1-2-3-4-9-14-10-11-5-7-12(13)8-6-11/h5-8,14H,2-4,9-10H2,1H3. The minimum atomic E-state index is -0.167. The van der Waals surface area contributed by atoms with Gasteiger partial charge in [0, 0.05) is 6.54 Å². The topological polar surface area (TPSA) is 12.0 Å². The summed E-state index contributed by atoms with van der Waals surface area (Å²) in [5, 5.41) is 3.33. The summed E-state index contributed by atoms with van der Waals surface area (Å²) in [6, 6.07) is 6.65. The third-order valence-corrected chi connectivity index (χ3v) is 2.20. The van der Waals surface area contributed by atoms with E-state index in [0.717, 1.165) is 18.7 Å². The molecule has 2 heteroatoms. The van der Waals surface area contributed by atoms with Crippen molar-refractivity contribution in [2.75, 3.05) is 6.54 Å². The molecule has 78 valence electrons. The van der Waals surface area contributed by atoms with Crippen LogP contribution < -0.4 is 5.32 Å². The van der Waals surface area contributed by atoms with Crippen molar-refractivity contribution in [3.8, 4) is 0 Å². The van der Waals surface area contributed by atoms with E-state index >= 15 is 0 Å². The van der Waals surface area contributed by atoms with E-state index in [1.165, 1.54) is 31.4 Å². The summed E-state index contributed by atoms with van der Waals surface area (Å²) in [5.41, 5.74) is 1.14. The summed E-state index contributed by atoms with van der Waals surface area (Å²) in [6.45, 7) is 4.08. The molecule has 0 amide bonds. The van der Waals surface area contributed by atoms with Crippen LogP contribution in [-0.4, -0.2) is 6.54 Å². The number of nitrogens with one attached hydrogen (secondary N) is 1. The third-order valence-electron chi connectivity index (χ3n) is 2.20. The van der Waals surface area contributed by atoms with E-state index in [1.807, 2.05) is 12.1 Å². The SMILES string of the molecule is CCCCCNCc1ccc(F)cc1. The van der Waals surface area contributed by atoms with Gasteiger partial charge in [-0.3, -0.25) is 0 Å². The van der Waals surface area contributed by atoms with Crippen molar-refractivity contribution < 1.29 is 4.39 Å². The third kappa shape index (κ3) is 4.38. The van der Waals surface area contributed by atoms with Gasteiger partial charge in [-0.15, -0.1) is 0 Å². The molecule has 0 spiro atoms. The number of hydrogen-bond donors (Lipinski definition) is 1. The molecule has 0 heterocycles. The van der Waals surface area contributed by atoms with Gasteiger partial charge in [-0.2, -0.15) is 0 Å². The van der Waals surface area contributed by atoms with Crippen LogP contribution in [0.25, 0.3) is 0 Å². The molecule has 0 aliphatic carbocycles. The van der Waals surface area contributed by atoms with Gasteiger partial charge in [0.1, 0.15) is 5.82 Å². The molecule has 0 saturated heterocycles. The molecule has 0 unspecified atom stereocenters. The lowest BCUT2D eigenvalue weighted by Gasteiger charge is -2.03. The Hall–Kier alpha value is -0.890. The average Bonchev–Trinajstić information content (AvgIpc) is 2.21. The second-order valence-corrected chi connectivity index (χ2v) is 3.51. The smallest absolute Gasteiger partial charge is 0.123 e. The molecule has 0 aromatic heterocycles. The van der Waals surface area contributed by atoms with Gasteiger partial charge in [-0.05, 0) is 30.7 Å². The number of rotatable bonds is 6. The van der Waals surface area contributed by atoms with Crippen molar-refractivity contribution >= 4 is 0 Å². The predicted octanol–water partition coefficient (Wildman–Crippen LogP) is 3.11. The second-order valence-electron chi connectivity index (χ2n) is 3.51. The first kappa shape index (κ1) is 11.2. The maximum absolute atomic E-state index is 12.6. The Morgan fingerprint density at radius 3 is 2.50 bits per heavy atom. The molecule has 0 saturated carbocycles. The fourth-order valence-corrected chi connectivity index (χ4v) is 1.33. The summed E-state index contributed by atoms with van der Waals surface area (Å²) in [4.78, 5) is 0. The Labute approximate surface area is 85.3 Å². The van der Waals surface area contributed by atoms with E-state index in [4.69, 9.17) is 0 Å². The Balaban J connectivity index is 2.15. The van der Waals surface area contributed by atoms with Crippen molar-refractivity contribution in [2.45, 2.75) is 32.7 Å². The van der Waals surface area contributed by atoms with Gasteiger partial charge in [0.05, 0.1) is 0 Å². The summed E-state index contributed by atoms with van der Waals surface area (Å²) in [5.74, 6) is -0.167. The highest BCUT2D eigenvalue weighted by atomic mass is 19.1. The highest BCUT2D eigenvalue weighted by molar-refractivity contribution is 5.15. The Bertz CT molecular complexity index is 243. The number of benzene rings is 1. The first-order chi connectivity index (χ1) is 6.83. The summed E-state index contributed by atoms with van der Waals surface area (Å²) in [6.07, 6.45) is 3.74. The van der Waals surface area contributed by atoms with Crippen molar-refractivity contribution in [2.24, 2.45) is 0 Å². The molecule has 14 heavy (non-hydrogen) atoms.